The van der Waals surface area contributed by atoms with Crippen LogP contribution in [0, 0.1) is 0 Å². The van der Waals surface area contributed by atoms with Gasteiger partial charge in [-0.25, -0.2) is 0 Å². The van der Waals surface area contributed by atoms with Crippen molar-refractivity contribution in [3.63, 3.8) is 0 Å². The van der Waals surface area contributed by atoms with E-state index in [2.05, 4.69) is 32.0 Å². The molecule has 0 aromatic heterocycles. The first-order chi connectivity index (χ1) is 5.77. The lowest BCUT2D eigenvalue weighted by Gasteiger charge is -2.06. The highest BCUT2D eigenvalue weighted by Crippen LogP contribution is 2.31. The Morgan fingerprint density at radius 1 is 1.17 bits per heavy atom. The third kappa shape index (κ3) is 1.38. The molecule has 1 heteroatoms. The monoisotopic (exact) mass is 178 g/mol. The molecule has 1 aromatic carbocycles. The van der Waals surface area contributed by atoms with Crippen molar-refractivity contribution in [2.75, 3.05) is 0 Å². The van der Waals surface area contributed by atoms with Gasteiger partial charge in [-0.3, -0.25) is 0 Å². The first kappa shape index (κ1) is 8.18. The van der Waals surface area contributed by atoms with Crippen LogP contribution < -0.4 is 0 Å². The minimum atomic E-state index is 0.667. The topological polar surface area (TPSA) is 0 Å². The molecule has 0 aliphatic carbocycles. The van der Waals surface area contributed by atoms with Gasteiger partial charge in [0.2, 0.25) is 0 Å². The summed E-state index contributed by atoms with van der Waals surface area (Å²) in [6.07, 6.45) is 0. The number of benzene rings is 1. The quantitative estimate of drug-likeness (QED) is 0.633. The molecule has 1 aliphatic heterocycles. The van der Waals surface area contributed by atoms with Gasteiger partial charge in [-0.2, -0.15) is 11.8 Å². The molecule has 0 saturated carbocycles. The Morgan fingerprint density at radius 3 is 2.67 bits per heavy atom. The number of hydrogen-bond donors (Lipinski definition) is 0. The van der Waals surface area contributed by atoms with Crippen LogP contribution in [0.1, 0.15) is 36.5 Å². The summed E-state index contributed by atoms with van der Waals surface area (Å²) < 4.78 is 0. The molecule has 2 rings (SSSR count). The summed E-state index contributed by atoms with van der Waals surface area (Å²) in [5, 5.41) is 0. The zero-order chi connectivity index (χ0) is 8.55. The van der Waals surface area contributed by atoms with Crippen LogP contribution in [-0.4, -0.2) is 0 Å². The summed E-state index contributed by atoms with van der Waals surface area (Å²) in [6.45, 7) is 4.51. The number of fused-ring (bicyclic) bond motifs is 1. The molecule has 1 aromatic rings. The molecule has 0 bridgehead atoms. The van der Waals surface area contributed by atoms with Crippen LogP contribution in [0.3, 0.4) is 0 Å². The van der Waals surface area contributed by atoms with Crippen molar-refractivity contribution in [2.24, 2.45) is 0 Å². The Kier molecular flexibility index (Phi) is 2.14. The minimum absolute atomic E-state index is 0.667. The van der Waals surface area contributed by atoms with E-state index in [1.807, 2.05) is 11.8 Å². The SMILES string of the molecule is CC(C)c1ccc2c(c1)CSC2. The second kappa shape index (κ2) is 3.14. The fraction of sp³-hybridized carbons (Fsp3) is 0.455. The van der Waals surface area contributed by atoms with Gasteiger partial charge >= 0.3 is 0 Å². The van der Waals surface area contributed by atoms with Gasteiger partial charge in [0.25, 0.3) is 0 Å². The normalized spacial score (nSPS) is 15.2. The number of thioether (sulfide) groups is 1. The van der Waals surface area contributed by atoms with Crippen LogP contribution in [0.2, 0.25) is 0 Å². The third-order valence-electron chi connectivity index (χ3n) is 2.41. The van der Waals surface area contributed by atoms with Crippen molar-refractivity contribution >= 4 is 11.8 Å². The maximum atomic E-state index is 2.38. The predicted molar refractivity (Wildman–Crippen MR) is 55.5 cm³/mol. The fourth-order valence-corrected chi connectivity index (χ4v) is 2.64. The standard InChI is InChI=1S/C11H14S/c1-8(2)9-3-4-10-6-12-7-11(10)5-9/h3-5,8H,6-7H2,1-2H3. The summed E-state index contributed by atoms with van der Waals surface area (Å²) in [7, 11) is 0. The van der Waals surface area contributed by atoms with Crippen molar-refractivity contribution in [1.29, 1.82) is 0 Å². The van der Waals surface area contributed by atoms with E-state index in [0.29, 0.717) is 5.92 Å². The second-order valence-corrected chi connectivity index (χ2v) is 4.66. The maximum absolute atomic E-state index is 2.38. The molecule has 0 saturated heterocycles. The molecule has 0 nitrogen and oxygen atoms in total. The van der Waals surface area contributed by atoms with Gasteiger partial charge < -0.3 is 0 Å². The molecule has 0 atom stereocenters. The van der Waals surface area contributed by atoms with Gasteiger partial charge in [0.05, 0.1) is 0 Å². The van der Waals surface area contributed by atoms with Crippen molar-refractivity contribution < 1.29 is 0 Å². The second-order valence-electron chi connectivity index (χ2n) is 3.68. The minimum Gasteiger partial charge on any atom is -0.152 e. The Labute approximate surface area is 78.4 Å². The van der Waals surface area contributed by atoms with Crippen molar-refractivity contribution in [1.82, 2.24) is 0 Å². The van der Waals surface area contributed by atoms with Crippen molar-refractivity contribution in [3.05, 3.63) is 34.9 Å². The lowest BCUT2D eigenvalue weighted by atomic mass is 9.99. The predicted octanol–water partition coefficient (Wildman–Crippen LogP) is 3.56. The molecule has 1 heterocycles. The Hall–Kier alpha value is -0.430. The summed E-state index contributed by atoms with van der Waals surface area (Å²) >= 11 is 2.02. The fourth-order valence-electron chi connectivity index (χ4n) is 1.55. The van der Waals surface area contributed by atoms with Crippen LogP contribution in [0.25, 0.3) is 0 Å². The van der Waals surface area contributed by atoms with Crippen molar-refractivity contribution in [2.45, 2.75) is 31.3 Å². The van der Waals surface area contributed by atoms with Gasteiger partial charge in [0.1, 0.15) is 0 Å². The van der Waals surface area contributed by atoms with E-state index in [0.717, 1.165) is 0 Å². The van der Waals surface area contributed by atoms with Crippen molar-refractivity contribution in [3.8, 4) is 0 Å². The van der Waals surface area contributed by atoms with Crippen LogP contribution >= 0.6 is 11.8 Å². The molecule has 0 spiro atoms. The van der Waals surface area contributed by atoms with Gasteiger partial charge in [-0.15, -0.1) is 0 Å². The largest absolute Gasteiger partial charge is 0.152 e. The number of hydrogen-bond acceptors (Lipinski definition) is 1. The van der Waals surface area contributed by atoms with E-state index >= 15 is 0 Å². The molecule has 64 valence electrons. The summed E-state index contributed by atoms with van der Waals surface area (Å²) in [4.78, 5) is 0. The molecule has 12 heavy (non-hydrogen) atoms. The lowest BCUT2D eigenvalue weighted by molar-refractivity contribution is 0.864. The lowest BCUT2D eigenvalue weighted by Crippen LogP contribution is -1.90. The van der Waals surface area contributed by atoms with E-state index < -0.39 is 0 Å². The Bertz CT molecular complexity index is 289. The summed E-state index contributed by atoms with van der Waals surface area (Å²) in [6, 6.07) is 6.94. The van der Waals surface area contributed by atoms with Gasteiger partial charge in [-0.05, 0) is 22.6 Å². The zero-order valence-electron chi connectivity index (χ0n) is 7.63. The highest BCUT2D eigenvalue weighted by Gasteiger charge is 2.11. The molecule has 1 aliphatic rings. The first-order valence-electron chi connectivity index (χ1n) is 4.47. The molecule has 0 N–H and O–H groups in total. The summed E-state index contributed by atoms with van der Waals surface area (Å²) in [5.41, 5.74) is 4.59. The van der Waals surface area contributed by atoms with Gasteiger partial charge in [0, 0.05) is 11.5 Å². The Balaban J connectivity index is 2.39. The smallest absolute Gasteiger partial charge is 0.0191 e. The molecule has 0 unspecified atom stereocenters. The van der Waals surface area contributed by atoms with Gasteiger partial charge in [-0.1, -0.05) is 32.0 Å². The van der Waals surface area contributed by atoms with Crippen LogP contribution in [0.4, 0.5) is 0 Å². The third-order valence-corrected chi connectivity index (χ3v) is 3.44. The molecular weight excluding hydrogens is 164 g/mol. The highest BCUT2D eigenvalue weighted by atomic mass is 32.2. The van der Waals surface area contributed by atoms with E-state index in [-0.39, 0.29) is 0 Å². The van der Waals surface area contributed by atoms with Crippen LogP contribution in [-0.2, 0) is 11.5 Å². The molecule has 0 radical (unpaired) electrons. The van der Waals surface area contributed by atoms with E-state index in [4.69, 9.17) is 0 Å². The van der Waals surface area contributed by atoms with E-state index in [1.54, 1.807) is 11.1 Å². The molecule has 0 amide bonds. The zero-order valence-corrected chi connectivity index (χ0v) is 8.45. The van der Waals surface area contributed by atoms with Gasteiger partial charge in [0.15, 0.2) is 0 Å². The van der Waals surface area contributed by atoms with E-state index in [9.17, 15) is 0 Å². The number of rotatable bonds is 1. The molecular formula is C11H14S. The maximum Gasteiger partial charge on any atom is 0.0191 e. The first-order valence-corrected chi connectivity index (χ1v) is 5.62. The van der Waals surface area contributed by atoms with E-state index in [1.165, 1.54) is 17.1 Å². The summed E-state index contributed by atoms with van der Waals surface area (Å²) in [5.74, 6) is 3.10. The average molecular weight is 178 g/mol. The van der Waals surface area contributed by atoms with Crippen LogP contribution in [0.5, 0.6) is 0 Å². The van der Waals surface area contributed by atoms with Crippen LogP contribution in [0.15, 0.2) is 18.2 Å². The Morgan fingerprint density at radius 2 is 1.92 bits per heavy atom. The highest BCUT2D eigenvalue weighted by molar-refractivity contribution is 7.98. The average Bonchev–Trinajstić information content (AvgIpc) is 2.49. The molecule has 0 fully saturated rings.